The fourth-order valence-electron chi connectivity index (χ4n) is 5.32. The van der Waals surface area contributed by atoms with E-state index < -0.39 is 0 Å². The first kappa shape index (κ1) is 24.3. The molecule has 3 aromatic carbocycles. The molecule has 0 unspecified atom stereocenters. The van der Waals surface area contributed by atoms with Gasteiger partial charge in [-0.15, -0.1) is 0 Å². The van der Waals surface area contributed by atoms with Crippen LogP contribution < -0.4 is 10.4 Å². The lowest BCUT2D eigenvalue weighted by molar-refractivity contribution is 0.248. The summed E-state index contributed by atoms with van der Waals surface area (Å²) >= 11 is 0. The van der Waals surface area contributed by atoms with Crippen LogP contribution in [0.1, 0.15) is 35.4 Å². The molecule has 2 heterocycles. The summed E-state index contributed by atoms with van der Waals surface area (Å²) in [5.74, 6) is 1.09. The molecule has 0 aliphatic carbocycles. The Hall–Kier alpha value is -3.41. The van der Waals surface area contributed by atoms with Crippen molar-refractivity contribution in [2.24, 2.45) is 0 Å². The van der Waals surface area contributed by atoms with E-state index in [0.717, 1.165) is 63.1 Å². The molecular formula is C31H34N2O3. The van der Waals surface area contributed by atoms with E-state index in [1.807, 2.05) is 12.1 Å². The quantitative estimate of drug-likeness (QED) is 0.309. The highest BCUT2D eigenvalue weighted by Crippen LogP contribution is 2.28. The molecule has 5 heteroatoms. The van der Waals surface area contributed by atoms with Crippen molar-refractivity contribution in [1.82, 2.24) is 9.80 Å². The molecule has 36 heavy (non-hydrogen) atoms. The van der Waals surface area contributed by atoms with Crippen LogP contribution >= 0.6 is 0 Å². The Bertz CT molecular complexity index is 1280. The highest BCUT2D eigenvalue weighted by Gasteiger charge is 2.20. The average molecular weight is 483 g/mol. The number of methoxy groups -OCH3 is 1. The second-order valence-electron chi connectivity index (χ2n) is 9.59. The lowest BCUT2D eigenvalue weighted by Gasteiger charge is -2.25. The fourth-order valence-corrected chi connectivity index (χ4v) is 5.32. The van der Waals surface area contributed by atoms with Gasteiger partial charge in [-0.2, -0.15) is 0 Å². The highest BCUT2D eigenvalue weighted by atomic mass is 16.5. The zero-order chi connectivity index (χ0) is 24.7. The second-order valence-corrected chi connectivity index (χ2v) is 9.59. The van der Waals surface area contributed by atoms with Gasteiger partial charge in [-0.25, -0.2) is 4.79 Å². The lowest BCUT2D eigenvalue weighted by atomic mass is 9.88. The first-order chi connectivity index (χ1) is 17.7. The van der Waals surface area contributed by atoms with Gasteiger partial charge >= 0.3 is 5.63 Å². The molecule has 5 rings (SSSR count). The summed E-state index contributed by atoms with van der Waals surface area (Å²) in [4.78, 5) is 17.3. The van der Waals surface area contributed by atoms with Crippen molar-refractivity contribution in [2.45, 2.75) is 25.3 Å². The number of nitrogens with zero attached hydrogens (tertiary/aromatic N) is 2. The van der Waals surface area contributed by atoms with Crippen molar-refractivity contribution in [2.75, 3.05) is 39.8 Å². The zero-order valence-electron chi connectivity index (χ0n) is 20.9. The number of rotatable bonds is 8. The monoisotopic (exact) mass is 482 g/mol. The molecule has 0 amide bonds. The van der Waals surface area contributed by atoms with E-state index in [4.69, 9.17) is 9.15 Å². The molecule has 1 fully saturated rings. The molecule has 5 nitrogen and oxygen atoms in total. The minimum absolute atomic E-state index is 0.310. The van der Waals surface area contributed by atoms with E-state index in [-0.39, 0.29) is 5.63 Å². The molecule has 0 atom stereocenters. The normalized spacial score (nSPS) is 15.3. The molecule has 0 radical (unpaired) electrons. The van der Waals surface area contributed by atoms with E-state index >= 15 is 0 Å². The molecular weight excluding hydrogens is 448 g/mol. The van der Waals surface area contributed by atoms with E-state index in [9.17, 15) is 4.79 Å². The third-order valence-corrected chi connectivity index (χ3v) is 7.25. The Labute approximate surface area is 212 Å². The number of hydrogen-bond donors (Lipinski definition) is 0. The van der Waals surface area contributed by atoms with Crippen LogP contribution in [0.3, 0.4) is 0 Å². The molecule has 1 aromatic heterocycles. The minimum Gasteiger partial charge on any atom is -0.497 e. The largest absolute Gasteiger partial charge is 0.497 e. The minimum atomic E-state index is -0.310. The van der Waals surface area contributed by atoms with E-state index in [2.05, 4.69) is 70.5 Å². The van der Waals surface area contributed by atoms with Gasteiger partial charge in [0.1, 0.15) is 11.3 Å². The van der Waals surface area contributed by atoms with Gasteiger partial charge in [-0.1, -0.05) is 60.7 Å². The smallest absolute Gasteiger partial charge is 0.336 e. The van der Waals surface area contributed by atoms with Crippen molar-refractivity contribution in [3.63, 3.8) is 0 Å². The molecule has 1 aliphatic rings. The summed E-state index contributed by atoms with van der Waals surface area (Å²) in [6, 6.07) is 29.1. The average Bonchev–Trinajstić information content (AvgIpc) is 3.14. The predicted octanol–water partition coefficient (Wildman–Crippen LogP) is 5.53. The first-order valence-corrected chi connectivity index (χ1v) is 12.8. The number of hydrogen-bond acceptors (Lipinski definition) is 5. The van der Waals surface area contributed by atoms with Crippen LogP contribution in [-0.2, 0) is 6.54 Å². The van der Waals surface area contributed by atoms with Crippen LogP contribution in [0.25, 0.3) is 11.0 Å². The first-order valence-electron chi connectivity index (χ1n) is 12.8. The van der Waals surface area contributed by atoms with E-state index in [1.54, 1.807) is 19.2 Å². The molecule has 0 spiro atoms. The van der Waals surface area contributed by atoms with Gasteiger partial charge in [0.25, 0.3) is 0 Å². The van der Waals surface area contributed by atoms with Crippen LogP contribution in [0.5, 0.6) is 5.75 Å². The third kappa shape index (κ3) is 5.86. The summed E-state index contributed by atoms with van der Waals surface area (Å²) < 4.78 is 10.7. The molecule has 4 aromatic rings. The summed E-state index contributed by atoms with van der Waals surface area (Å²) in [7, 11) is 1.62. The number of benzene rings is 3. The van der Waals surface area contributed by atoms with Crippen LogP contribution in [0.15, 0.2) is 94.1 Å². The third-order valence-electron chi connectivity index (χ3n) is 7.25. The Balaban J connectivity index is 1.24. The van der Waals surface area contributed by atoms with Crippen molar-refractivity contribution >= 4 is 11.0 Å². The molecule has 0 bridgehead atoms. The van der Waals surface area contributed by atoms with Crippen LogP contribution in [0, 0.1) is 0 Å². The van der Waals surface area contributed by atoms with Gasteiger partial charge in [-0.05, 0) is 61.3 Å². The van der Waals surface area contributed by atoms with Crippen molar-refractivity contribution in [3.8, 4) is 5.75 Å². The fraction of sp³-hybridized carbons (Fsp3) is 0.323. The molecule has 1 saturated heterocycles. The molecule has 0 N–H and O–H groups in total. The van der Waals surface area contributed by atoms with Gasteiger partial charge in [0.05, 0.1) is 7.11 Å². The number of fused-ring (bicyclic) bond motifs is 1. The van der Waals surface area contributed by atoms with E-state index in [0.29, 0.717) is 17.3 Å². The Kier molecular flexibility index (Phi) is 7.79. The van der Waals surface area contributed by atoms with Gasteiger partial charge < -0.3 is 14.1 Å². The Morgan fingerprint density at radius 1 is 0.833 bits per heavy atom. The molecule has 0 saturated carbocycles. The van der Waals surface area contributed by atoms with Crippen molar-refractivity contribution in [1.29, 1.82) is 0 Å². The van der Waals surface area contributed by atoms with E-state index in [1.165, 1.54) is 11.1 Å². The maximum Gasteiger partial charge on any atom is 0.336 e. The van der Waals surface area contributed by atoms with Gasteiger partial charge in [0.15, 0.2) is 0 Å². The van der Waals surface area contributed by atoms with Gasteiger partial charge in [0.2, 0.25) is 0 Å². The SMILES string of the molecule is COc1ccc2c(CN3CCCN(CCC(c4ccccc4)c4ccccc4)CC3)cc(=O)oc2c1. The van der Waals surface area contributed by atoms with Crippen LogP contribution in [0.2, 0.25) is 0 Å². The standard InChI is InChI=1S/C31H34N2O3/c1-35-27-13-14-29-26(21-31(34)36-30(29)22-27)23-33-17-8-16-32(19-20-33)18-15-28(24-9-4-2-5-10-24)25-11-6-3-7-12-25/h2-7,9-14,21-22,28H,8,15-20,23H2,1H3. The molecule has 1 aliphatic heterocycles. The number of ether oxygens (including phenoxy) is 1. The lowest BCUT2D eigenvalue weighted by Crippen LogP contribution is -2.32. The summed E-state index contributed by atoms with van der Waals surface area (Å²) in [6.45, 7) is 5.96. The van der Waals surface area contributed by atoms with Crippen molar-refractivity contribution < 1.29 is 9.15 Å². The van der Waals surface area contributed by atoms with Gasteiger partial charge in [-0.3, -0.25) is 4.90 Å². The summed E-state index contributed by atoms with van der Waals surface area (Å²) in [6.07, 6.45) is 2.22. The highest BCUT2D eigenvalue weighted by molar-refractivity contribution is 5.81. The second kappa shape index (κ2) is 11.5. The van der Waals surface area contributed by atoms with Crippen LogP contribution in [0.4, 0.5) is 0 Å². The maximum atomic E-state index is 12.2. The summed E-state index contributed by atoms with van der Waals surface area (Å²) in [5, 5.41) is 0.977. The maximum absolute atomic E-state index is 12.2. The van der Waals surface area contributed by atoms with Gasteiger partial charge in [0, 0.05) is 43.1 Å². The topological polar surface area (TPSA) is 45.9 Å². The zero-order valence-corrected chi connectivity index (χ0v) is 20.9. The predicted molar refractivity (Wildman–Crippen MR) is 145 cm³/mol. The van der Waals surface area contributed by atoms with Crippen LogP contribution in [-0.4, -0.2) is 49.6 Å². The Morgan fingerprint density at radius 2 is 1.50 bits per heavy atom. The summed E-state index contributed by atoms with van der Waals surface area (Å²) in [5.41, 5.74) is 4.06. The van der Waals surface area contributed by atoms with Crippen molar-refractivity contribution in [3.05, 3.63) is 112 Å². The molecule has 186 valence electrons. The Morgan fingerprint density at radius 3 is 2.19 bits per heavy atom.